The molecule has 1 heterocycles. The Morgan fingerprint density at radius 2 is 2.27 bits per heavy atom. The molecule has 15 heavy (non-hydrogen) atoms. The van der Waals surface area contributed by atoms with Crippen LogP contribution in [0.5, 0.6) is 0 Å². The van der Waals surface area contributed by atoms with Gasteiger partial charge in [0.1, 0.15) is 5.69 Å². The van der Waals surface area contributed by atoms with E-state index < -0.39 is 0 Å². The van der Waals surface area contributed by atoms with Crippen LogP contribution in [0.3, 0.4) is 0 Å². The van der Waals surface area contributed by atoms with E-state index in [9.17, 15) is 0 Å². The maximum atomic E-state index is 7.52. The van der Waals surface area contributed by atoms with Crippen LogP contribution in [0.4, 0.5) is 5.82 Å². The SMILES string of the molecule is C/C=C\C(C)c1cnc(N)c(C(C)=N)n1. The van der Waals surface area contributed by atoms with Crippen LogP contribution in [0.1, 0.15) is 38.1 Å². The normalized spacial score (nSPS) is 13.0. The van der Waals surface area contributed by atoms with Gasteiger partial charge in [0.15, 0.2) is 5.82 Å². The molecule has 0 amide bonds. The maximum Gasteiger partial charge on any atom is 0.151 e. The van der Waals surface area contributed by atoms with Crippen molar-refractivity contribution in [3.05, 3.63) is 29.7 Å². The van der Waals surface area contributed by atoms with E-state index in [1.54, 1.807) is 13.1 Å². The minimum absolute atomic E-state index is 0.196. The molecule has 0 saturated heterocycles. The number of anilines is 1. The number of nitrogens with two attached hydrogens (primary N) is 1. The van der Waals surface area contributed by atoms with Crippen LogP contribution < -0.4 is 5.73 Å². The number of allylic oxidation sites excluding steroid dienone is 2. The molecule has 0 aliphatic rings. The Bertz CT molecular complexity index is 396. The second-order valence-corrected chi connectivity index (χ2v) is 3.47. The van der Waals surface area contributed by atoms with Gasteiger partial charge in [-0.05, 0) is 13.8 Å². The second-order valence-electron chi connectivity index (χ2n) is 3.47. The maximum absolute atomic E-state index is 7.52. The van der Waals surface area contributed by atoms with Crippen molar-refractivity contribution in [3.8, 4) is 0 Å². The van der Waals surface area contributed by atoms with Crippen molar-refractivity contribution in [2.45, 2.75) is 26.7 Å². The van der Waals surface area contributed by atoms with E-state index in [1.165, 1.54) is 0 Å². The summed E-state index contributed by atoms with van der Waals surface area (Å²) < 4.78 is 0. The van der Waals surface area contributed by atoms with Gasteiger partial charge < -0.3 is 11.1 Å². The number of nitrogens with zero attached hydrogens (tertiary/aromatic N) is 2. The molecule has 80 valence electrons. The Hall–Kier alpha value is -1.71. The molecule has 1 aromatic rings. The lowest BCUT2D eigenvalue weighted by Gasteiger charge is -2.08. The number of aromatic nitrogens is 2. The monoisotopic (exact) mass is 204 g/mol. The van der Waals surface area contributed by atoms with E-state index in [0.29, 0.717) is 17.2 Å². The highest BCUT2D eigenvalue weighted by molar-refractivity contribution is 5.98. The zero-order chi connectivity index (χ0) is 11.4. The molecular formula is C11H16N4. The van der Waals surface area contributed by atoms with Crippen molar-refractivity contribution in [2.24, 2.45) is 0 Å². The molecule has 0 spiro atoms. The van der Waals surface area contributed by atoms with E-state index in [2.05, 4.69) is 9.97 Å². The first-order valence-electron chi connectivity index (χ1n) is 4.87. The van der Waals surface area contributed by atoms with E-state index in [-0.39, 0.29) is 5.92 Å². The average Bonchev–Trinajstić information content (AvgIpc) is 2.18. The summed E-state index contributed by atoms with van der Waals surface area (Å²) in [5, 5.41) is 7.52. The van der Waals surface area contributed by atoms with Crippen molar-refractivity contribution in [2.75, 3.05) is 5.73 Å². The lowest BCUT2D eigenvalue weighted by atomic mass is 10.1. The van der Waals surface area contributed by atoms with Crippen molar-refractivity contribution in [1.82, 2.24) is 9.97 Å². The van der Waals surface area contributed by atoms with Crippen molar-refractivity contribution < 1.29 is 0 Å². The fraction of sp³-hybridized carbons (Fsp3) is 0.364. The van der Waals surface area contributed by atoms with Crippen molar-refractivity contribution in [3.63, 3.8) is 0 Å². The van der Waals surface area contributed by atoms with E-state index in [4.69, 9.17) is 11.1 Å². The molecule has 0 aliphatic carbocycles. The highest BCUT2D eigenvalue weighted by atomic mass is 14.9. The lowest BCUT2D eigenvalue weighted by Crippen LogP contribution is -2.08. The van der Waals surface area contributed by atoms with E-state index >= 15 is 0 Å². The largest absolute Gasteiger partial charge is 0.382 e. The Balaban J connectivity index is 3.12. The number of nitrogens with one attached hydrogen (secondary N) is 1. The molecule has 1 atom stereocenters. The molecule has 0 aromatic carbocycles. The molecule has 4 heteroatoms. The Kier molecular flexibility index (Phi) is 3.55. The van der Waals surface area contributed by atoms with Crippen LogP contribution >= 0.6 is 0 Å². The van der Waals surface area contributed by atoms with Crippen LogP contribution in [0.15, 0.2) is 18.3 Å². The first kappa shape index (κ1) is 11.4. The molecule has 1 unspecified atom stereocenters. The van der Waals surface area contributed by atoms with Crippen LogP contribution in [0.25, 0.3) is 0 Å². The first-order chi connectivity index (χ1) is 7.06. The summed E-state index contributed by atoms with van der Waals surface area (Å²) in [6.45, 7) is 5.65. The predicted octanol–water partition coefficient (Wildman–Crippen LogP) is 2.13. The topological polar surface area (TPSA) is 75.7 Å². The summed E-state index contributed by atoms with van der Waals surface area (Å²) in [7, 11) is 0. The third-order valence-electron chi connectivity index (χ3n) is 2.12. The minimum Gasteiger partial charge on any atom is -0.382 e. The van der Waals surface area contributed by atoms with Gasteiger partial charge in [0.05, 0.1) is 17.6 Å². The van der Waals surface area contributed by atoms with Crippen LogP contribution in [0.2, 0.25) is 0 Å². The highest BCUT2D eigenvalue weighted by Crippen LogP contribution is 2.16. The van der Waals surface area contributed by atoms with Gasteiger partial charge in [-0.3, -0.25) is 0 Å². The Morgan fingerprint density at radius 1 is 1.60 bits per heavy atom. The summed E-state index contributed by atoms with van der Waals surface area (Å²) in [6, 6.07) is 0. The smallest absolute Gasteiger partial charge is 0.151 e. The summed E-state index contributed by atoms with van der Waals surface area (Å²) in [5.41, 5.74) is 7.29. The van der Waals surface area contributed by atoms with Gasteiger partial charge in [-0.25, -0.2) is 9.97 Å². The standard InChI is InChI=1S/C11H16N4/c1-4-5-7(2)9-6-14-11(13)10(15-9)8(3)12/h4-7,12H,1-3H3,(H2,13,14)/b5-4-,12-8?. The predicted molar refractivity (Wildman–Crippen MR) is 62.2 cm³/mol. The molecule has 0 fully saturated rings. The van der Waals surface area contributed by atoms with Crippen LogP contribution in [0, 0.1) is 5.41 Å². The second kappa shape index (κ2) is 4.68. The van der Waals surface area contributed by atoms with Crippen LogP contribution in [-0.4, -0.2) is 15.7 Å². The van der Waals surface area contributed by atoms with Crippen molar-refractivity contribution >= 4 is 11.5 Å². The molecular weight excluding hydrogens is 188 g/mol. The Labute approximate surface area is 89.8 Å². The molecule has 0 saturated carbocycles. The van der Waals surface area contributed by atoms with Gasteiger partial charge in [-0.1, -0.05) is 19.1 Å². The minimum atomic E-state index is 0.196. The first-order valence-corrected chi connectivity index (χ1v) is 4.87. The molecule has 4 nitrogen and oxygen atoms in total. The number of hydrogen-bond donors (Lipinski definition) is 2. The van der Waals surface area contributed by atoms with E-state index in [1.807, 2.05) is 26.0 Å². The molecule has 0 aliphatic heterocycles. The fourth-order valence-electron chi connectivity index (χ4n) is 1.29. The fourth-order valence-corrected chi connectivity index (χ4v) is 1.29. The molecule has 3 N–H and O–H groups in total. The summed E-state index contributed by atoms with van der Waals surface area (Å²) in [4.78, 5) is 8.37. The third-order valence-corrected chi connectivity index (χ3v) is 2.12. The average molecular weight is 204 g/mol. The molecule has 0 bridgehead atoms. The zero-order valence-electron chi connectivity index (χ0n) is 9.28. The molecule has 0 radical (unpaired) electrons. The number of nitrogen functional groups attached to an aromatic ring is 1. The van der Waals surface area contributed by atoms with Crippen molar-refractivity contribution in [1.29, 1.82) is 5.41 Å². The van der Waals surface area contributed by atoms with E-state index in [0.717, 1.165) is 5.69 Å². The van der Waals surface area contributed by atoms with Gasteiger partial charge in [0.25, 0.3) is 0 Å². The van der Waals surface area contributed by atoms with Crippen LogP contribution in [-0.2, 0) is 0 Å². The van der Waals surface area contributed by atoms with Gasteiger partial charge in [-0.15, -0.1) is 0 Å². The van der Waals surface area contributed by atoms with Gasteiger partial charge in [-0.2, -0.15) is 0 Å². The van der Waals surface area contributed by atoms with Gasteiger partial charge in [0, 0.05) is 5.92 Å². The Morgan fingerprint density at radius 3 is 2.80 bits per heavy atom. The molecule has 1 aromatic heterocycles. The molecule has 1 rings (SSSR count). The zero-order valence-corrected chi connectivity index (χ0v) is 9.28. The number of rotatable bonds is 3. The quantitative estimate of drug-likeness (QED) is 0.585. The van der Waals surface area contributed by atoms with Gasteiger partial charge >= 0.3 is 0 Å². The third kappa shape index (κ3) is 2.62. The number of hydrogen-bond acceptors (Lipinski definition) is 4. The summed E-state index contributed by atoms with van der Waals surface area (Å²) in [6.07, 6.45) is 5.66. The summed E-state index contributed by atoms with van der Waals surface area (Å²) >= 11 is 0. The van der Waals surface area contributed by atoms with Gasteiger partial charge in [0.2, 0.25) is 0 Å². The highest BCUT2D eigenvalue weighted by Gasteiger charge is 2.09. The summed E-state index contributed by atoms with van der Waals surface area (Å²) in [5.74, 6) is 0.514. The lowest BCUT2D eigenvalue weighted by molar-refractivity contribution is 0.885.